The Kier molecular flexibility index (Phi) is 16.4. The minimum absolute atomic E-state index is 0.0335. The quantitative estimate of drug-likeness (QED) is 0.0516. The van der Waals surface area contributed by atoms with E-state index in [0.29, 0.717) is 18.4 Å². The second-order valence-electron chi connectivity index (χ2n) is 19.9. The topological polar surface area (TPSA) is 57.1 Å². The van der Waals surface area contributed by atoms with Gasteiger partial charge in [-0.3, -0.25) is 9.79 Å². The Bertz CT molecular complexity index is 1610. The van der Waals surface area contributed by atoms with Crippen molar-refractivity contribution in [1.29, 1.82) is 0 Å². The van der Waals surface area contributed by atoms with Crippen molar-refractivity contribution in [2.24, 2.45) is 51.3 Å². The predicted octanol–water partition coefficient (Wildman–Crippen LogP) is 14.7. The van der Waals surface area contributed by atoms with Crippen molar-refractivity contribution in [3.63, 3.8) is 0 Å². The standard InChI is InChI=1S/C53H79NO4/c1-7-8-9-10-11-13-35-56-45-26-22-43(23-27-45)54-38-41-19-24-44(25-20-41)57-36-14-12-18-51(55)58-46-31-33-52(5)42(37-46)21-28-47-49-30-29-48(40(4)17-15-16-39(2)3)53(49,6)34-32-50(47)52/h19-27,38-40,46-50H,7-18,28-37H2,1-6H3/t40-,46+,47+,48-,49+,50+,52+,53-/m1/s1. The van der Waals surface area contributed by atoms with Crippen molar-refractivity contribution in [1.82, 2.24) is 0 Å². The summed E-state index contributed by atoms with van der Waals surface area (Å²) >= 11 is 0. The van der Waals surface area contributed by atoms with Crippen LogP contribution in [0, 0.1) is 46.3 Å². The second kappa shape index (κ2) is 21.4. The van der Waals surface area contributed by atoms with Crippen LogP contribution in [0.3, 0.4) is 0 Å². The summed E-state index contributed by atoms with van der Waals surface area (Å²) in [5.41, 5.74) is 4.33. The third-order valence-electron chi connectivity index (χ3n) is 15.4. The first-order valence-corrected chi connectivity index (χ1v) is 24.0. The number of fused-ring (bicyclic) bond motifs is 5. The molecule has 5 nitrogen and oxygen atoms in total. The minimum Gasteiger partial charge on any atom is -0.494 e. The number of nitrogens with zero attached hydrogens (tertiary/aromatic N) is 1. The number of benzene rings is 2. The monoisotopic (exact) mass is 794 g/mol. The van der Waals surface area contributed by atoms with Gasteiger partial charge in [0.15, 0.2) is 0 Å². The summed E-state index contributed by atoms with van der Waals surface area (Å²) in [7, 11) is 0. The summed E-state index contributed by atoms with van der Waals surface area (Å²) in [4.78, 5) is 17.6. The molecule has 0 unspecified atom stereocenters. The number of hydrogen-bond acceptors (Lipinski definition) is 5. The van der Waals surface area contributed by atoms with E-state index in [4.69, 9.17) is 14.2 Å². The van der Waals surface area contributed by atoms with Gasteiger partial charge in [0.05, 0.1) is 18.9 Å². The molecule has 8 atom stereocenters. The maximum absolute atomic E-state index is 13.0. The number of hydrogen-bond donors (Lipinski definition) is 0. The van der Waals surface area contributed by atoms with Gasteiger partial charge in [-0.15, -0.1) is 0 Å². The third kappa shape index (κ3) is 11.6. The predicted molar refractivity (Wildman–Crippen MR) is 241 cm³/mol. The van der Waals surface area contributed by atoms with Crippen molar-refractivity contribution in [3.05, 3.63) is 65.7 Å². The number of esters is 1. The van der Waals surface area contributed by atoms with Crippen LogP contribution in [0.5, 0.6) is 11.5 Å². The van der Waals surface area contributed by atoms with Crippen LogP contribution in [0.4, 0.5) is 5.69 Å². The third-order valence-corrected chi connectivity index (χ3v) is 15.4. The van der Waals surface area contributed by atoms with Crippen LogP contribution >= 0.6 is 0 Å². The van der Waals surface area contributed by atoms with E-state index in [9.17, 15) is 4.79 Å². The fourth-order valence-electron chi connectivity index (χ4n) is 12.1. The summed E-state index contributed by atoms with van der Waals surface area (Å²) in [5, 5.41) is 0. The molecule has 5 heteroatoms. The largest absolute Gasteiger partial charge is 0.494 e. The van der Waals surface area contributed by atoms with Crippen molar-refractivity contribution in [3.8, 4) is 11.5 Å². The Balaban J connectivity index is 0.863. The molecule has 0 bridgehead atoms. The van der Waals surface area contributed by atoms with Gasteiger partial charge in [0, 0.05) is 19.1 Å². The molecule has 0 saturated heterocycles. The van der Waals surface area contributed by atoms with Gasteiger partial charge >= 0.3 is 5.97 Å². The van der Waals surface area contributed by atoms with Crippen LogP contribution in [0.2, 0.25) is 0 Å². The number of rotatable bonds is 22. The first-order valence-electron chi connectivity index (χ1n) is 24.0. The molecule has 0 aliphatic heterocycles. The lowest BCUT2D eigenvalue weighted by molar-refractivity contribution is -0.151. The van der Waals surface area contributed by atoms with E-state index < -0.39 is 0 Å². The zero-order valence-corrected chi connectivity index (χ0v) is 37.5. The molecule has 6 rings (SSSR count). The summed E-state index contributed by atoms with van der Waals surface area (Å²) in [6, 6.07) is 16.0. The van der Waals surface area contributed by atoms with E-state index in [1.165, 1.54) is 83.5 Å². The summed E-state index contributed by atoms with van der Waals surface area (Å²) in [6.07, 6.45) is 28.4. The van der Waals surface area contributed by atoms with Crippen molar-refractivity contribution < 1.29 is 19.0 Å². The Morgan fingerprint density at radius 2 is 1.47 bits per heavy atom. The van der Waals surface area contributed by atoms with Crippen molar-refractivity contribution >= 4 is 17.9 Å². The van der Waals surface area contributed by atoms with Gasteiger partial charge in [-0.1, -0.05) is 105 Å². The highest BCUT2D eigenvalue weighted by Crippen LogP contribution is 2.67. The first-order chi connectivity index (χ1) is 28.1. The molecule has 58 heavy (non-hydrogen) atoms. The summed E-state index contributed by atoms with van der Waals surface area (Å²) in [5.74, 6) is 6.78. The molecule has 3 saturated carbocycles. The Labute approximate surface area is 353 Å². The van der Waals surface area contributed by atoms with E-state index in [2.05, 4.69) is 52.6 Å². The zero-order valence-electron chi connectivity index (χ0n) is 37.5. The van der Waals surface area contributed by atoms with Crippen LogP contribution in [-0.2, 0) is 9.53 Å². The molecule has 0 radical (unpaired) electrons. The van der Waals surface area contributed by atoms with E-state index in [-0.39, 0.29) is 17.5 Å². The molecule has 2 aromatic carbocycles. The lowest BCUT2D eigenvalue weighted by atomic mass is 9.47. The molecule has 0 amide bonds. The number of unbranched alkanes of at least 4 members (excludes halogenated alkanes) is 6. The normalized spacial score (nSPS) is 28.4. The van der Waals surface area contributed by atoms with Gasteiger partial charge < -0.3 is 14.2 Å². The molecule has 0 N–H and O–H groups in total. The molecule has 0 heterocycles. The molecule has 0 spiro atoms. The average molecular weight is 794 g/mol. The van der Waals surface area contributed by atoms with Crippen LogP contribution in [0.25, 0.3) is 0 Å². The van der Waals surface area contributed by atoms with Gasteiger partial charge in [0.25, 0.3) is 0 Å². The first kappa shape index (κ1) is 44.5. The fraction of sp³-hybridized carbons (Fsp3) is 0.698. The number of allylic oxidation sites excluding steroid dienone is 1. The Morgan fingerprint density at radius 1 is 0.776 bits per heavy atom. The molecule has 4 aliphatic carbocycles. The molecular weight excluding hydrogens is 715 g/mol. The number of aliphatic imine (C=N–C) groups is 1. The molecule has 320 valence electrons. The minimum atomic E-state index is -0.0465. The van der Waals surface area contributed by atoms with E-state index in [1.54, 1.807) is 5.57 Å². The van der Waals surface area contributed by atoms with Crippen LogP contribution in [0.1, 0.15) is 176 Å². The molecule has 3 fully saturated rings. The van der Waals surface area contributed by atoms with E-state index in [1.807, 2.05) is 54.7 Å². The van der Waals surface area contributed by atoms with Crippen LogP contribution in [-0.4, -0.2) is 31.5 Å². The molecule has 0 aromatic heterocycles. The molecule has 4 aliphatic rings. The smallest absolute Gasteiger partial charge is 0.306 e. The Hall–Kier alpha value is -3.08. The van der Waals surface area contributed by atoms with Crippen molar-refractivity contribution in [2.45, 2.75) is 176 Å². The fourth-order valence-corrected chi connectivity index (χ4v) is 12.1. The number of ether oxygens (including phenoxy) is 3. The van der Waals surface area contributed by atoms with Gasteiger partial charge in [0.2, 0.25) is 0 Å². The van der Waals surface area contributed by atoms with Crippen molar-refractivity contribution in [2.75, 3.05) is 13.2 Å². The lowest BCUT2D eigenvalue weighted by Crippen LogP contribution is -2.51. The zero-order chi connectivity index (χ0) is 41.0. The maximum Gasteiger partial charge on any atom is 0.306 e. The van der Waals surface area contributed by atoms with Crippen LogP contribution in [0.15, 0.2) is 65.2 Å². The number of carbonyl (C=O) groups excluding carboxylic acids is 1. The van der Waals surface area contributed by atoms with Gasteiger partial charge in [0.1, 0.15) is 17.6 Å². The Morgan fingerprint density at radius 3 is 2.19 bits per heavy atom. The van der Waals surface area contributed by atoms with Gasteiger partial charge in [-0.2, -0.15) is 0 Å². The lowest BCUT2D eigenvalue weighted by Gasteiger charge is -2.58. The summed E-state index contributed by atoms with van der Waals surface area (Å²) in [6.45, 7) is 16.2. The average Bonchev–Trinajstić information content (AvgIpc) is 3.58. The SMILES string of the molecule is CCCCCCCCOc1ccc(N=Cc2ccc(OCCCCC(=O)O[C@H]3CC[C@@]4(C)C(=CC[C@H]5[C@@H]6CC[C@H]([C@H](C)CCCC(C)C)[C@@]6(C)CC[C@@H]54)C3)cc2)cc1. The molecular formula is C53H79NO4. The van der Waals surface area contributed by atoms with E-state index in [0.717, 1.165) is 103 Å². The number of carbonyl (C=O) groups is 1. The highest BCUT2D eigenvalue weighted by atomic mass is 16.5. The summed E-state index contributed by atoms with van der Waals surface area (Å²) < 4.78 is 18.0. The van der Waals surface area contributed by atoms with Gasteiger partial charge in [-0.25, -0.2) is 0 Å². The van der Waals surface area contributed by atoms with Crippen LogP contribution < -0.4 is 9.47 Å². The maximum atomic E-state index is 13.0. The highest BCUT2D eigenvalue weighted by molar-refractivity contribution is 5.82. The van der Waals surface area contributed by atoms with E-state index >= 15 is 0 Å². The van der Waals surface area contributed by atoms with Gasteiger partial charge in [-0.05, 0) is 165 Å². The molecule has 2 aromatic rings. The second-order valence-corrected chi connectivity index (χ2v) is 19.9. The highest BCUT2D eigenvalue weighted by Gasteiger charge is 2.59.